The smallest absolute Gasteiger partial charge is 0.327 e. The van der Waals surface area contributed by atoms with Gasteiger partial charge in [0.25, 0.3) is 5.56 Å². The molecule has 0 bridgehead atoms. The number of fused-ring (bicyclic) bond motifs is 1. The van der Waals surface area contributed by atoms with Crippen molar-refractivity contribution >= 4 is 16.9 Å². The SMILES string of the molecule is CCOC(=O)Cn1nnnc1[C@H](C(C)C)N(Cc1cc2ccc(C)cc2[nH]c1=O)C1CCCC1. The van der Waals surface area contributed by atoms with Gasteiger partial charge in [0.05, 0.1) is 12.6 Å². The molecule has 182 valence electrons. The van der Waals surface area contributed by atoms with Crippen molar-refractivity contribution in [1.82, 2.24) is 30.1 Å². The van der Waals surface area contributed by atoms with Gasteiger partial charge in [-0.25, -0.2) is 4.68 Å². The Morgan fingerprint density at radius 3 is 2.74 bits per heavy atom. The van der Waals surface area contributed by atoms with E-state index in [2.05, 4.69) is 45.3 Å². The number of hydrogen-bond acceptors (Lipinski definition) is 7. The summed E-state index contributed by atoms with van der Waals surface area (Å²) in [5.74, 6) is 0.421. The number of hydrogen-bond donors (Lipinski definition) is 1. The molecule has 1 atom stereocenters. The van der Waals surface area contributed by atoms with Crippen molar-refractivity contribution in [3.63, 3.8) is 0 Å². The Hall–Kier alpha value is -3.07. The van der Waals surface area contributed by atoms with Crippen LogP contribution >= 0.6 is 0 Å². The van der Waals surface area contributed by atoms with Crippen LogP contribution in [0.4, 0.5) is 0 Å². The van der Waals surface area contributed by atoms with Crippen LogP contribution in [0.5, 0.6) is 0 Å². The molecule has 0 saturated heterocycles. The molecule has 0 spiro atoms. The lowest BCUT2D eigenvalue weighted by Gasteiger charge is -2.37. The fraction of sp³-hybridized carbons (Fsp3) is 0.560. The highest BCUT2D eigenvalue weighted by Crippen LogP contribution is 2.35. The monoisotopic (exact) mass is 466 g/mol. The van der Waals surface area contributed by atoms with Gasteiger partial charge in [0, 0.05) is 23.7 Å². The second kappa shape index (κ2) is 10.5. The molecule has 1 N–H and O–H groups in total. The summed E-state index contributed by atoms with van der Waals surface area (Å²) in [6, 6.07) is 8.25. The minimum atomic E-state index is -0.368. The normalized spacial score (nSPS) is 15.5. The van der Waals surface area contributed by atoms with Crippen molar-refractivity contribution in [1.29, 1.82) is 0 Å². The molecule has 1 aliphatic rings. The van der Waals surface area contributed by atoms with E-state index in [-0.39, 0.29) is 30.0 Å². The molecule has 1 aromatic carbocycles. The van der Waals surface area contributed by atoms with Crippen LogP contribution in [0.2, 0.25) is 0 Å². The number of rotatable bonds is 9. The van der Waals surface area contributed by atoms with Crippen LogP contribution in [-0.2, 0) is 22.6 Å². The van der Waals surface area contributed by atoms with Gasteiger partial charge >= 0.3 is 5.97 Å². The summed E-state index contributed by atoms with van der Waals surface area (Å²) in [6.07, 6.45) is 4.45. The highest BCUT2D eigenvalue weighted by Gasteiger charge is 2.35. The van der Waals surface area contributed by atoms with Gasteiger partial charge in [0.1, 0.15) is 6.54 Å². The first-order chi connectivity index (χ1) is 16.4. The molecular formula is C25H34N6O3. The van der Waals surface area contributed by atoms with Gasteiger partial charge in [-0.3, -0.25) is 14.5 Å². The average Bonchev–Trinajstić information content (AvgIpc) is 3.46. The maximum atomic E-state index is 13.1. The molecule has 1 fully saturated rings. The van der Waals surface area contributed by atoms with Crippen molar-refractivity contribution in [3.05, 3.63) is 51.6 Å². The van der Waals surface area contributed by atoms with Crippen LogP contribution in [0.3, 0.4) is 0 Å². The number of aromatic nitrogens is 5. The number of H-pyrrole nitrogens is 1. The number of benzene rings is 1. The zero-order valence-corrected chi connectivity index (χ0v) is 20.5. The van der Waals surface area contributed by atoms with Gasteiger partial charge in [0.2, 0.25) is 0 Å². The Morgan fingerprint density at radius 1 is 1.26 bits per heavy atom. The zero-order chi connectivity index (χ0) is 24.2. The molecule has 0 aliphatic heterocycles. The lowest BCUT2D eigenvalue weighted by atomic mass is 9.97. The molecule has 0 amide bonds. The lowest BCUT2D eigenvalue weighted by molar-refractivity contribution is -0.144. The molecule has 1 saturated carbocycles. The quantitative estimate of drug-likeness (QED) is 0.481. The molecule has 0 unspecified atom stereocenters. The van der Waals surface area contributed by atoms with Crippen molar-refractivity contribution in [2.75, 3.05) is 6.61 Å². The standard InChI is InChI=1S/C25H34N6O3/c1-5-34-22(32)15-31-24(27-28-29-31)23(16(2)3)30(20-8-6-7-9-20)14-19-13-18-11-10-17(4)12-21(18)26-25(19)33/h10-13,16,20,23H,5-9,14-15H2,1-4H3,(H,26,33)/t23-/m0/s1. The Bertz CT molecular complexity index is 1190. The third kappa shape index (κ3) is 5.19. The predicted octanol–water partition coefficient (Wildman–Crippen LogP) is 3.53. The van der Waals surface area contributed by atoms with E-state index >= 15 is 0 Å². The Kier molecular flexibility index (Phi) is 7.41. The zero-order valence-electron chi connectivity index (χ0n) is 20.5. The van der Waals surface area contributed by atoms with Crippen LogP contribution in [-0.4, -0.2) is 48.7 Å². The van der Waals surface area contributed by atoms with Crippen molar-refractivity contribution in [2.45, 2.75) is 78.6 Å². The number of nitrogens with zero attached hydrogens (tertiary/aromatic N) is 5. The van der Waals surface area contributed by atoms with E-state index in [0.29, 0.717) is 25.0 Å². The second-order valence-corrected chi connectivity index (χ2v) is 9.51. The number of aromatic amines is 1. The number of ether oxygens (including phenoxy) is 1. The summed E-state index contributed by atoms with van der Waals surface area (Å²) in [4.78, 5) is 30.7. The van der Waals surface area contributed by atoms with Crippen molar-refractivity contribution in [3.8, 4) is 0 Å². The fourth-order valence-corrected chi connectivity index (χ4v) is 5.06. The lowest BCUT2D eigenvalue weighted by Crippen LogP contribution is -2.41. The molecule has 2 heterocycles. The summed E-state index contributed by atoms with van der Waals surface area (Å²) in [5, 5.41) is 13.3. The molecule has 34 heavy (non-hydrogen) atoms. The topological polar surface area (TPSA) is 106 Å². The van der Waals surface area contributed by atoms with E-state index in [1.54, 1.807) is 6.92 Å². The van der Waals surface area contributed by atoms with Gasteiger partial charge in [-0.15, -0.1) is 5.10 Å². The molecular weight excluding hydrogens is 432 g/mol. The summed E-state index contributed by atoms with van der Waals surface area (Å²) in [6.45, 7) is 8.81. The van der Waals surface area contributed by atoms with Gasteiger partial charge in [-0.2, -0.15) is 0 Å². The Morgan fingerprint density at radius 2 is 2.03 bits per heavy atom. The van der Waals surface area contributed by atoms with Gasteiger partial charge in [0.15, 0.2) is 5.82 Å². The molecule has 2 aromatic heterocycles. The average molecular weight is 467 g/mol. The number of nitrogens with one attached hydrogen (secondary N) is 1. The summed E-state index contributed by atoms with van der Waals surface area (Å²) < 4.78 is 6.66. The highest BCUT2D eigenvalue weighted by atomic mass is 16.5. The third-order valence-corrected chi connectivity index (χ3v) is 6.62. The molecule has 3 aromatic rings. The molecule has 9 heteroatoms. The van der Waals surface area contributed by atoms with E-state index in [0.717, 1.165) is 47.7 Å². The van der Waals surface area contributed by atoms with Crippen LogP contribution in [0.15, 0.2) is 29.1 Å². The number of tetrazole rings is 1. The van der Waals surface area contributed by atoms with E-state index in [1.165, 1.54) is 4.68 Å². The van der Waals surface area contributed by atoms with E-state index < -0.39 is 0 Å². The first-order valence-electron chi connectivity index (χ1n) is 12.2. The summed E-state index contributed by atoms with van der Waals surface area (Å²) in [5.41, 5.74) is 2.60. The van der Waals surface area contributed by atoms with Crippen molar-refractivity contribution < 1.29 is 9.53 Å². The van der Waals surface area contributed by atoms with E-state index in [4.69, 9.17) is 4.74 Å². The fourth-order valence-electron chi connectivity index (χ4n) is 5.06. The van der Waals surface area contributed by atoms with Crippen LogP contribution in [0.1, 0.15) is 69.4 Å². The maximum Gasteiger partial charge on any atom is 0.327 e. The number of carbonyl (C=O) groups is 1. The number of carbonyl (C=O) groups excluding carboxylic acids is 1. The Labute approximate surface area is 199 Å². The predicted molar refractivity (Wildman–Crippen MR) is 129 cm³/mol. The molecule has 9 nitrogen and oxygen atoms in total. The van der Waals surface area contributed by atoms with E-state index in [1.807, 2.05) is 25.1 Å². The number of pyridine rings is 1. The third-order valence-electron chi connectivity index (χ3n) is 6.62. The largest absolute Gasteiger partial charge is 0.465 e. The van der Waals surface area contributed by atoms with Crippen molar-refractivity contribution in [2.24, 2.45) is 5.92 Å². The first-order valence-corrected chi connectivity index (χ1v) is 12.2. The summed E-state index contributed by atoms with van der Waals surface area (Å²) >= 11 is 0. The first kappa shape index (κ1) is 24.1. The molecule has 1 aliphatic carbocycles. The van der Waals surface area contributed by atoms with Crippen LogP contribution in [0, 0.1) is 12.8 Å². The minimum absolute atomic E-state index is 0.0339. The van der Waals surface area contributed by atoms with Gasteiger partial charge in [-0.1, -0.05) is 38.8 Å². The van der Waals surface area contributed by atoms with Crippen LogP contribution < -0.4 is 5.56 Å². The summed E-state index contributed by atoms with van der Waals surface area (Å²) in [7, 11) is 0. The van der Waals surface area contributed by atoms with E-state index in [9.17, 15) is 9.59 Å². The number of aryl methyl sites for hydroxylation is 1. The van der Waals surface area contributed by atoms with Gasteiger partial charge < -0.3 is 9.72 Å². The number of esters is 1. The minimum Gasteiger partial charge on any atom is -0.465 e. The maximum absolute atomic E-state index is 13.1. The molecule has 4 rings (SSSR count). The second-order valence-electron chi connectivity index (χ2n) is 9.51. The van der Waals surface area contributed by atoms with Crippen LogP contribution in [0.25, 0.3) is 10.9 Å². The highest BCUT2D eigenvalue weighted by molar-refractivity contribution is 5.79. The molecule has 0 radical (unpaired) electrons. The van der Waals surface area contributed by atoms with Gasteiger partial charge in [-0.05, 0) is 66.1 Å². The Balaban J connectivity index is 1.72.